The quantitative estimate of drug-likeness (QED) is 0.0332. The molecule has 0 spiro atoms. The summed E-state index contributed by atoms with van der Waals surface area (Å²) in [4.78, 5) is 24.7. The molecule has 0 saturated carbocycles. The Morgan fingerprint density at radius 1 is 0.681 bits per heavy atom. The van der Waals surface area contributed by atoms with E-state index in [0.717, 1.165) is 24.8 Å². The molecule has 0 fully saturated rings. The number of nitrogens with one attached hydrogen (secondary N) is 1. The zero-order chi connectivity index (χ0) is 33.5. The minimum atomic E-state index is -1.16. The zero-order valence-corrected chi connectivity index (χ0v) is 25.9. The predicted molar refractivity (Wildman–Crippen MR) is 178 cm³/mol. The van der Waals surface area contributed by atoms with E-state index in [9.17, 15) is 35.1 Å². The second kappa shape index (κ2) is 14.6. The number of carboxylic acids is 1. The van der Waals surface area contributed by atoms with Gasteiger partial charge < -0.3 is 40.3 Å². The van der Waals surface area contributed by atoms with Gasteiger partial charge in [-0.3, -0.25) is 4.79 Å². The van der Waals surface area contributed by atoms with Gasteiger partial charge in [0, 0.05) is 22.8 Å². The standard InChI is InChI=1S/C37H37NO9/c1-2-3-4-10-19-46-34-28-29(31(40)26-14-9-8-13-25(26)30(28)39)35(33(42)32(34)41)47-21-23-15-17-24(18-16-23)36(43)38-27(37(44)45)20-22-11-6-5-7-12-22/h5-9,11-18,27,39-42H,2-4,10,19-21H2,1H3,(H,38,43)(H,44,45)/t27-/m0/s1. The maximum atomic E-state index is 12.9. The average molecular weight is 640 g/mol. The van der Waals surface area contributed by atoms with Gasteiger partial charge in [-0.25, -0.2) is 4.79 Å². The summed E-state index contributed by atoms with van der Waals surface area (Å²) in [6, 6.07) is 20.7. The second-order valence-electron chi connectivity index (χ2n) is 11.3. The molecule has 0 aliphatic heterocycles. The molecule has 47 heavy (non-hydrogen) atoms. The predicted octanol–water partition coefficient (Wildman–Crippen LogP) is 6.78. The Kier molecular flexibility index (Phi) is 10.2. The second-order valence-corrected chi connectivity index (χ2v) is 11.3. The smallest absolute Gasteiger partial charge is 0.326 e. The van der Waals surface area contributed by atoms with Crippen LogP contribution in [0.2, 0.25) is 0 Å². The number of carbonyl (C=O) groups is 2. The van der Waals surface area contributed by atoms with Gasteiger partial charge in [0.05, 0.1) is 17.4 Å². The number of aliphatic carboxylic acids is 1. The molecule has 10 heteroatoms. The molecule has 5 aromatic carbocycles. The number of phenolic OH excluding ortho intramolecular Hbond substituents is 4. The number of ether oxygens (including phenoxy) is 2. The summed E-state index contributed by atoms with van der Waals surface area (Å²) in [5.74, 6) is -3.97. The van der Waals surface area contributed by atoms with Gasteiger partial charge in [-0.1, -0.05) is 92.9 Å². The van der Waals surface area contributed by atoms with Crippen molar-refractivity contribution in [1.29, 1.82) is 0 Å². The Bertz CT molecular complexity index is 1890. The first-order chi connectivity index (χ1) is 22.7. The number of hydrogen-bond acceptors (Lipinski definition) is 8. The van der Waals surface area contributed by atoms with Crippen LogP contribution in [0.3, 0.4) is 0 Å². The van der Waals surface area contributed by atoms with Gasteiger partial charge in [-0.15, -0.1) is 0 Å². The largest absolute Gasteiger partial charge is 0.506 e. The molecule has 1 amide bonds. The Morgan fingerprint density at radius 3 is 1.83 bits per heavy atom. The van der Waals surface area contributed by atoms with Gasteiger partial charge in [0.25, 0.3) is 5.91 Å². The number of benzene rings is 5. The van der Waals surface area contributed by atoms with Crippen LogP contribution < -0.4 is 14.8 Å². The van der Waals surface area contributed by atoms with Crippen LogP contribution in [0.25, 0.3) is 21.5 Å². The molecule has 6 N–H and O–H groups in total. The average Bonchev–Trinajstić information content (AvgIpc) is 3.08. The van der Waals surface area contributed by atoms with E-state index in [0.29, 0.717) is 22.8 Å². The lowest BCUT2D eigenvalue weighted by Crippen LogP contribution is -2.42. The maximum Gasteiger partial charge on any atom is 0.326 e. The van der Waals surface area contributed by atoms with Gasteiger partial charge in [0.15, 0.2) is 11.5 Å². The molecule has 0 heterocycles. The van der Waals surface area contributed by atoms with E-state index in [1.165, 1.54) is 12.1 Å². The number of fused-ring (bicyclic) bond motifs is 2. The Balaban J connectivity index is 1.40. The van der Waals surface area contributed by atoms with Crippen molar-refractivity contribution >= 4 is 33.4 Å². The highest BCUT2D eigenvalue weighted by Crippen LogP contribution is 2.57. The number of amides is 1. The van der Waals surface area contributed by atoms with Crippen molar-refractivity contribution in [2.75, 3.05) is 6.61 Å². The molecule has 0 unspecified atom stereocenters. The first-order valence-electron chi connectivity index (χ1n) is 15.5. The molecule has 1 atom stereocenters. The summed E-state index contributed by atoms with van der Waals surface area (Å²) in [6.45, 7) is 2.15. The fraction of sp³-hybridized carbons (Fsp3) is 0.243. The number of carboxylic acid groups (broad SMARTS) is 1. The van der Waals surface area contributed by atoms with E-state index < -0.39 is 29.4 Å². The van der Waals surface area contributed by atoms with Crippen LogP contribution in [0.15, 0.2) is 78.9 Å². The molecule has 0 saturated heterocycles. The number of carbonyl (C=O) groups excluding carboxylic acids is 1. The third-order valence-corrected chi connectivity index (χ3v) is 8.00. The van der Waals surface area contributed by atoms with Crippen LogP contribution in [0, 0.1) is 0 Å². The van der Waals surface area contributed by atoms with Crippen LogP contribution in [-0.2, 0) is 17.8 Å². The lowest BCUT2D eigenvalue weighted by molar-refractivity contribution is -0.139. The first kappa shape index (κ1) is 32.7. The van der Waals surface area contributed by atoms with Gasteiger partial charge in [0.2, 0.25) is 11.5 Å². The summed E-state index contributed by atoms with van der Waals surface area (Å²) >= 11 is 0. The SMILES string of the molecule is CCCCCCOc1c(O)c(O)c(OCc2ccc(C(=O)N[C@@H](Cc3ccccc3)C(=O)O)cc2)c2c(O)c3ccccc3c(O)c12. The van der Waals surface area contributed by atoms with E-state index in [2.05, 4.69) is 12.2 Å². The fourth-order valence-electron chi connectivity index (χ4n) is 5.48. The summed E-state index contributed by atoms with van der Waals surface area (Å²) in [5.41, 5.74) is 1.57. The van der Waals surface area contributed by atoms with Crippen molar-refractivity contribution in [3.63, 3.8) is 0 Å². The molecular formula is C37H37NO9. The number of hydrogen-bond donors (Lipinski definition) is 6. The molecular weight excluding hydrogens is 602 g/mol. The van der Waals surface area contributed by atoms with Crippen molar-refractivity contribution in [3.05, 3.63) is 95.6 Å². The van der Waals surface area contributed by atoms with Crippen molar-refractivity contribution in [1.82, 2.24) is 5.32 Å². The highest BCUT2D eigenvalue weighted by molar-refractivity contribution is 6.16. The van der Waals surface area contributed by atoms with E-state index in [1.807, 2.05) is 6.07 Å². The third kappa shape index (κ3) is 7.12. The van der Waals surface area contributed by atoms with Gasteiger partial charge in [-0.2, -0.15) is 0 Å². The van der Waals surface area contributed by atoms with E-state index in [4.69, 9.17) is 9.47 Å². The zero-order valence-electron chi connectivity index (χ0n) is 25.9. The molecule has 10 nitrogen and oxygen atoms in total. The molecule has 0 aliphatic rings. The highest BCUT2D eigenvalue weighted by atomic mass is 16.5. The van der Waals surface area contributed by atoms with Crippen LogP contribution >= 0.6 is 0 Å². The molecule has 0 radical (unpaired) electrons. The maximum absolute atomic E-state index is 12.9. The normalized spacial score (nSPS) is 11.8. The van der Waals surface area contributed by atoms with Crippen molar-refractivity contribution < 1.29 is 44.6 Å². The summed E-state index contributed by atoms with van der Waals surface area (Å²) in [5, 5.41) is 57.6. The number of phenols is 4. The van der Waals surface area contributed by atoms with Crippen LogP contribution in [0.5, 0.6) is 34.5 Å². The van der Waals surface area contributed by atoms with E-state index >= 15 is 0 Å². The van der Waals surface area contributed by atoms with Crippen molar-refractivity contribution in [2.45, 2.75) is 51.7 Å². The van der Waals surface area contributed by atoms with Gasteiger partial charge in [-0.05, 0) is 29.7 Å². The Labute approximate surface area is 271 Å². The summed E-state index contributed by atoms with van der Waals surface area (Å²) < 4.78 is 11.8. The third-order valence-electron chi connectivity index (χ3n) is 8.00. The van der Waals surface area contributed by atoms with Crippen molar-refractivity contribution in [2.24, 2.45) is 0 Å². The first-order valence-corrected chi connectivity index (χ1v) is 15.5. The number of rotatable bonds is 14. The minimum absolute atomic E-state index is 0.00232. The molecule has 244 valence electrons. The van der Waals surface area contributed by atoms with E-state index in [1.54, 1.807) is 60.7 Å². The van der Waals surface area contributed by atoms with Gasteiger partial charge in [0.1, 0.15) is 24.1 Å². The Morgan fingerprint density at radius 2 is 1.26 bits per heavy atom. The molecule has 5 rings (SSSR count). The molecule has 0 aromatic heterocycles. The monoisotopic (exact) mass is 639 g/mol. The Hall–Kier alpha value is -5.64. The molecule has 0 aliphatic carbocycles. The molecule has 5 aromatic rings. The van der Waals surface area contributed by atoms with Crippen LogP contribution in [0.4, 0.5) is 0 Å². The van der Waals surface area contributed by atoms with Gasteiger partial charge >= 0.3 is 5.97 Å². The highest BCUT2D eigenvalue weighted by Gasteiger charge is 2.28. The van der Waals surface area contributed by atoms with Crippen LogP contribution in [0.1, 0.15) is 54.1 Å². The lowest BCUT2D eigenvalue weighted by Gasteiger charge is -2.20. The summed E-state index contributed by atoms with van der Waals surface area (Å²) in [6.07, 6.45) is 3.74. The summed E-state index contributed by atoms with van der Waals surface area (Å²) in [7, 11) is 0. The molecule has 0 bridgehead atoms. The van der Waals surface area contributed by atoms with E-state index in [-0.39, 0.29) is 59.0 Å². The number of aromatic hydroxyl groups is 4. The van der Waals surface area contributed by atoms with Crippen molar-refractivity contribution in [3.8, 4) is 34.5 Å². The lowest BCUT2D eigenvalue weighted by atomic mass is 9.98. The fourth-order valence-corrected chi connectivity index (χ4v) is 5.48. The topological polar surface area (TPSA) is 166 Å². The number of unbranched alkanes of at least 4 members (excludes halogenated alkanes) is 3. The minimum Gasteiger partial charge on any atom is -0.506 e. The van der Waals surface area contributed by atoms with Crippen LogP contribution in [-0.4, -0.2) is 50.1 Å².